The van der Waals surface area contributed by atoms with Gasteiger partial charge in [0.1, 0.15) is 4.60 Å². The van der Waals surface area contributed by atoms with Crippen molar-refractivity contribution in [3.8, 4) is 0 Å². The standard InChI is InChI=1S/C12H15BrN4O/c13-10-2-1-3-12-14-11(15-17(10)12)4-5-16-6-8-18-9-7-16/h1-3H,4-9H2. The van der Waals surface area contributed by atoms with Crippen LogP contribution in [0, 0.1) is 0 Å². The summed E-state index contributed by atoms with van der Waals surface area (Å²) in [4.78, 5) is 6.91. The van der Waals surface area contributed by atoms with Crippen LogP contribution in [0.3, 0.4) is 0 Å². The molecular weight excluding hydrogens is 296 g/mol. The Hall–Kier alpha value is -0.980. The minimum Gasteiger partial charge on any atom is -0.379 e. The number of pyridine rings is 1. The SMILES string of the molecule is Brc1cccc2nc(CCN3CCOCC3)nn12. The molecule has 1 aliphatic heterocycles. The second kappa shape index (κ2) is 5.34. The van der Waals surface area contributed by atoms with Crippen molar-refractivity contribution >= 4 is 21.6 Å². The van der Waals surface area contributed by atoms with Gasteiger partial charge in [-0.25, -0.2) is 9.50 Å². The van der Waals surface area contributed by atoms with Crippen molar-refractivity contribution in [1.82, 2.24) is 19.5 Å². The Labute approximate surface area is 114 Å². The largest absolute Gasteiger partial charge is 0.379 e. The van der Waals surface area contributed by atoms with Crippen LogP contribution in [0.2, 0.25) is 0 Å². The van der Waals surface area contributed by atoms with Gasteiger partial charge in [-0.15, -0.1) is 0 Å². The van der Waals surface area contributed by atoms with E-state index >= 15 is 0 Å². The maximum atomic E-state index is 5.33. The highest BCUT2D eigenvalue weighted by Gasteiger charge is 2.12. The first-order valence-corrected chi connectivity index (χ1v) is 6.92. The molecule has 0 spiro atoms. The lowest BCUT2D eigenvalue weighted by Gasteiger charge is -2.25. The molecule has 6 heteroatoms. The van der Waals surface area contributed by atoms with Gasteiger partial charge in [0.05, 0.1) is 13.2 Å². The number of aromatic nitrogens is 3. The lowest BCUT2D eigenvalue weighted by Crippen LogP contribution is -2.37. The molecule has 0 aliphatic carbocycles. The van der Waals surface area contributed by atoms with Crippen LogP contribution in [0.1, 0.15) is 5.82 Å². The molecule has 5 nitrogen and oxygen atoms in total. The van der Waals surface area contributed by atoms with Crippen molar-refractivity contribution in [2.24, 2.45) is 0 Å². The van der Waals surface area contributed by atoms with E-state index in [-0.39, 0.29) is 0 Å². The molecule has 18 heavy (non-hydrogen) atoms. The fraction of sp³-hybridized carbons (Fsp3) is 0.500. The van der Waals surface area contributed by atoms with Crippen LogP contribution in [-0.4, -0.2) is 52.3 Å². The van der Waals surface area contributed by atoms with Crippen molar-refractivity contribution in [3.63, 3.8) is 0 Å². The second-order valence-electron chi connectivity index (χ2n) is 4.35. The van der Waals surface area contributed by atoms with Crippen LogP contribution in [0.5, 0.6) is 0 Å². The number of halogens is 1. The molecule has 0 amide bonds. The Kier molecular flexibility index (Phi) is 3.58. The van der Waals surface area contributed by atoms with Gasteiger partial charge in [-0.2, -0.15) is 5.10 Å². The van der Waals surface area contributed by atoms with E-state index < -0.39 is 0 Å². The van der Waals surface area contributed by atoms with Gasteiger partial charge in [0.15, 0.2) is 11.5 Å². The van der Waals surface area contributed by atoms with E-state index in [0.29, 0.717) is 0 Å². The topological polar surface area (TPSA) is 42.7 Å². The summed E-state index contributed by atoms with van der Waals surface area (Å²) >= 11 is 3.47. The Balaban J connectivity index is 1.69. The predicted molar refractivity (Wildman–Crippen MR) is 71.7 cm³/mol. The molecule has 1 fully saturated rings. The third kappa shape index (κ3) is 2.55. The van der Waals surface area contributed by atoms with Gasteiger partial charge in [0, 0.05) is 26.1 Å². The van der Waals surface area contributed by atoms with Crippen LogP contribution in [-0.2, 0) is 11.2 Å². The molecule has 3 heterocycles. The molecule has 0 unspecified atom stereocenters. The molecule has 3 rings (SSSR count). The van der Waals surface area contributed by atoms with Gasteiger partial charge in [-0.3, -0.25) is 4.90 Å². The molecule has 0 radical (unpaired) electrons. The van der Waals surface area contributed by atoms with Gasteiger partial charge in [0.2, 0.25) is 0 Å². The van der Waals surface area contributed by atoms with Crippen molar-refractivity contribution in [2.45, 2.75) is 6.42 Å². The Morgan fingerprint density at radius 3 is 2.89 bits per heavy atom. The first kappa shape index (κ1) is 12.1. The van der Waals surface area contributed by atoms with Gasteiger partial charge in [-0.1, -0.05) is 6.07 Å². The van der Waals surface area contributed by atoms with E-state index in [9.17, 15) is 0 Å². The molecule has 2 aromatic heterocycles. The fourth-order valence-corrected chi connectivity index (χ4v) is 2.52. The first-order valence-electron chi connectivity index (χ1n) is 6.13. The highest BCUT2D eigenvalue weighted by molar-refractivity contribution is 9.10. The van der Waals surface area contributed by atoms with E-state index in [2.05, 4.69) is 30.9 Å². The van der Waals surface area contributed by atoms with Crippen molar-refractivity contribution < 1.29 is 4.74 Å². The van der Waals surface area contributed by atoms with Gasteiger partial charge in [0.25, 0.3) is 0 Å². The zero-order valence-electron chi connectivity index (χ0n) is 10.0. The molecule has 2 aromatic rings. The Bertz CT molecular complexity index is 536. The lowest BCUT2D eigenvalue weighted by molar-refractivity contribution is 0.0382. The summed E-state index contributed by atoms with van der Waals surface area (Å²) in [7, 11) is 0. The maximum absolute atomic E-state index is 5.33. The zero-order valence-corrected chi connectivity index (χ0v) is 11.6. The third-order valence-corrected chi connectivity index (χ3v) is 3.71. The lowest BCUT2D eigenvalue weighted by atomic mass is 10.3. The van der Waals surface area contributed by atoms with E-state index in [1.165, 1.54) is 0 Å². The highest BCUT2D eigenvalue weighted by Crippen LogP contribution is 2.12. The van der Waals surface area contributed by atoms with Crippen molar-refractivity contribution in [1.29, 1.82) is 0 Å². The summed E-state index contributed by atoms with van der Waals surface area (Å²) in [5.74, 6) is 0.897. The molecule has 96 valence electrons. The molecule has 1 saturated heterocycles. The quantitative estimate of drug-likeness (QED) is 0.803. The van der Waals surface area contributed by atoms with E-state index in [4.69, 9.17) is 4.74 Å². The number of hydrogen-bond donors (Lipinski definition) is 0. The van der Waals surface area contributed by atoms with Crippen LogP contribution >= 0.6 is 15.9 Å². The summed E-state index contributed by atoms with van der Waals surface area (Å²) in [6, 6.07) is 5.91. The third-order valence-electron chi connectivity index (χ3n) is 3.11. The minimum absolute atomic E-state index is 0.837. The van der Waals surface area contributed by atoms with Crippen LogP contribution in [0.25, 0.3) is 5.65 Å². The zero-order chi connectivity index (χ0) is 12.4. The molecule has 0 atom stereocenters. The maximum Gasteiger partial charge on any atom is 0.156 e. The molecular formula is C12H15BrN4O. The molecule has 0 bridgehead atoms. The van der Waals surface area contributed by atoms with Gasteiger partial charge >= 0.3 is 0 Å². The average Bonchev–Trinajstić information content (AvgIpc) is 2.82. The summed E-state index contributed by atoms with van der Waals surface area (Å²) in [5, 5.41) is 4.50. The normalized spacial score (nSPS) is 17.4. The van der Waals surface area contributed by atoms with Crippen molar-refractivity contribution in [3.05, 3.63) is 28.6 Å². The monoisotopic (exact) mass is 310 g/mol. The number of morpholine rings is 1. The fourth-order valence-electron chi connectivity index (χ4n) is 2.11. The molecule has 0 saturated carbocycles. The molecule has 0 N–H and O–H groups in total. The summed E-state index contributed by atoms with van der Waals surface area (Å²) in [5.41, 5.74) is 0.890. The van der Waals surface area contributed by atoms with Crippen LogP contribution in [0.4, 0.5) is 0 Å². The predicted octanol–water partition coefficient (Wildman–Crippen LogP) is 1.37. The Morgan fingerprint density at radius 1 is 1.28 bits per heavy atom. The number of ether oxygens (including phenoxy) is 1. The number of nitrogens with zero attached hydrogens (tertiary/aromatic N) is 4. The highest BCUT2D eigenvalue weighted by atomic mass is 79.9. The van der Waals surface area contributed by atoms with Crippen LogP contribution in [0.15, 0.2) is 22.8 Å². The number of fused-ring (bicyclic) bond motifs is 1. The summed E-state index contributed by atoms with van der Waals surface area (Å²) < 4.78 is 8.10. The van der Waals surface area contributed by atoms with E-state index in [1.54, 1.807) is 0 Å². The second-order valence-corrected chi connectivity index (χ2v) is 5.16. The van der Waals surface area contributed by atoms with Gasteiger partial charge < -0.3 is 4.74 Å². The van der Waals surface area contributed by atoms with Crippen LogP contribution < -0.4 is 0 Å². The first-order chi connectivity index (χ1) is 8.83. The van der Waals surface area contributed by atoms with E-state index in [1.807, 2.05) is 22.7 Å². The Morgan fingerprint density at radius 2 is 2.11 bits per heavy atom. The number of hydrogen-bond acceptors (Lipinski definition) is 4. The average molecular weight is 311 g/mol. The summed E-state index contributed by atoms with van der Waals surface area (Å²) in [6.07, 6.45) is 0.883. The minimum atomic E-state index is 0.837. The van der Waals surface area contributed by atoms with Gasteiger partial charge in [-0.05, 0) is 28.1 Å². The smallest absolute Gasteiger partial charge is 0.156 e. The molecule has 1 aliphatic rings. The summed E-state index contributed by atoms with van der Waals surface area (Å²) in [6.45, 7) is 4.69. The number of rotatable bonds is 3. The molecule has 0 aromatic carbocycles. The van der Waals surface area contributed by atoms with E-state index in [0.717, 1.165) is 55.3 Å². The van der Waals surface area contributed by atoms with Crippen molar-refractivity contribution in [2.75, 3.05) is 32.8 Å².